The molecule has 0 fully saturated rings. The van der Waals surface area contributed by atoms with Gasteiger partial charge in [-0.25, -0.2) is 0 Å². The van der Waals surface area contributed by atoms with E-state index in [0.717, 1.165) is 18.4 Å². The van der Waals surface area contributed by atoms with E-state index in [1.54, 1.807) is 58.8 Å². The van der Waals surface area contributed by atoms with Crippen molar-refractivity contribution in [2.24, 2.45) is 0 Å². The van der Waals surface area contributed by atoms with Gasteiger partial charge in [0.05, 0.1) is 35.0 Å². The van der Waals surface area contributed by atoms with E-state index in [1.165, 1.54) is 12.8 Å². The molecule has 0 bridgehead atoms. The molecule has 31 heavy (non-hydrogen) atoms. The van der Waals surface area contributed by atoms with Crippen molar-refractivity contribution in [2.45, 2.75) is 39.2 Å². The third-order valence-electron chi connectivity index (χ3n) is 4.86. The van der Waals surface area contributed by atoms with E-state index in [2.05, 4.69) is 12.2 Å². The summed E-state index contributed by atoms with van der Waals surface area (Å²) in [5.41, 5.74) is 1.31. The van der Waals surface area contributed by atoms with Gasteiger partial charge in [0.1, 0.15) is 0 Å². The zero-order valence-electron chi connectivity index (χ0n) is 19.1. The van der Waals surface area contributed by atoms with Crippen molar-refractivity contribution >= 4 is 5.91 Å². The Bertz CT molecular complexity index is 827. The van der Waals surface area contributed by atoms with E-state index in [4.69, 9.17) is 23.7 Å². The Morgan fingerprint density at radius 1 is 0.806 bits per heavy atom. The van der Waals surface area contributed by atoms with E-state index < -0.39 is 0 Å². The first-order valence-corrected chi connectivity index (χ1v) is 10.5. The molecule has 2 aromatic rings. The number of carbonyl (C=O) groups is 1. The van der Waals surface area contributed by atoms with Crippen LogP contribution in [0.4, 0.5) is 0 Å². The topological polar surface area (TPSA) is 75.3 Å². The van der Waals surface area contributed by atoms with Crippen LogP contribution < -0.4 is 29.0 Å². The molecule has 0 aromatic heterocycles. The first-order valence-electron chi connectivity index (χ1n) is 10.5. The van der Waals surface area contributed by atoms with Crippen molar-refractivity contribution in [3.05, 3.63) is 41.5 Å². The normalized spacial score (nSPS) is 10.4. The maximum atomic E-state index is 12.7. The Morgan fingerprint density at radius 2 is 1.48 bits per heavy atom. The van der Waals surface area contributed by atoms with Crippen LogP contribution in [0.25, 0.3) is 0 Å². The predicted molar refractivity (Wildman–Crippen MR) is 120 cm³/mol. The molecule has 0 aliphatic carbocycles. The summed E-state index contributed by atoms with van der Waals surface area (Å²) < 4.78 is 27.3. The second kappa shape index (κ2) is 12.6. The van der Waals surface area contributed by atoms with E-state index in [-0.39, 0.29) is 5.91 Å². The third-order valence-corrected chi connectivity index (χ3v) is 4.86. The number of amides is 1. The summed E-state index contributed by atoms with van der Waals surface area (Å²) in [6.45, 7) is 3.10. The number of hydrogen-bond donors (Lipinski definition) is 1. The highest BCUT2D eigenvalue weighted by Crippen LogP contribution is 2.38. The molecule has 7 nitrogen and oxygen atoms in total. The van der Waals surface area contributed by atoms with Crippen LogP contribution in [-0.4, -0.2) is 41.0 Å². The highest BCUT2D eigenvalue weighted by molar-refractivity contribution is 5.94. The van der Waals surface area contributed by atoms with Crippen LogP contribution in [0.3, 0.4) is 0 Å². The molecule has 0 atom stereocenters. The fourth-order valence-electron chi connectivity index (χ4n) is 3.16. The van der Waals surface area contributed by atoms with Crippen molar-refractivity contribution in [2.75, 3.05) is 35.0 Å². The minimum absolute atomic E-state index is 0.221. The summed E-state index contributed by atoms with van der Waals surface area (Å²) >= 11 is 0. The van der Waals surface area contributed by atoms with Gasteiger partial charge in [0.15, 0.2) is 23.0 Å². The van der Waals surface area contributed by atoms with Gasteiger partial charge in [0.25, 0.3) is 5.91 Å². The highest BCUT2D eigenvalue weighted by Gasteiger charge is 2.15. The maximum absolute atomic E-state index is 12.7. The monoisotopic (exact) mass is 431 g/mol. The molecule has 0 saturated heterocycles. The number of hydrogen-bond acceptors (Lipinski definition) is 6. The highest BCUT2D eigenvalue weighted by atomic mass is 16.5. The van der Waals surface area contributed by atoms with Gasteiger partial charge in [0.2, 0.25) is 5.75 Å². The van der Waals surface area contributed by atoms with Gasteiger partial charge in [-0.3, -0.25) is 4.79 Å². The Morgan fingerprint density at radius 3 is 2.06 bits per heavy atom. The van der Waals surface area contributed by atoms with Gasteiger partial charge >= 0.3 is 0 Å². The molecule has 2 rings (SSSR count). The first kappa shape index (κ1) is 24.2. The number of carbonyl (C=O) groups excluding carboxylic acids is 1. The zero-order chi connectivity index (χ0) is 22.6. The molecule has 7 heteroatoms. The molecule has 0 unspecified atom stereocenters. The Labute approximate surface area is 184 Å². The molecular formula is C24H33NO6. The molecule has 1 N–H and O–H groups in total. The molecule has 1 amide bonds. The average Bonchev–Trinajstić information content (AvgIpc) is 2.81. The summed E-state index contributed by atoms with van der Waals surface area (Å²) in [5.74, 6) is 2.54. The van der Waals surface area contributed by atoms with Crippen LogP contribution in [0.2, 0.25) is 0 Å². The van der Waals surface area contributed by atoms with Crippen molar-refractivity contribution < 1.29 is 28.5 Å². The molecule has 2 aromatic carbocycles. The number of unbranched alkanes of at least 4 members (excludes halogenated alkanes) is 3. The number of ether oxygens (including phenoxy) is 5. The maximum Gasteiger partial charge on any atom is 0.251 e. The summed E-state index contributed by atoms with van der Waals surface area (Å²) in [6.07, 6.45) is 4.52. The van der Waals surface area contributed by atoms with E-state index >= 15 is 0 Å². The second-order valence-electron chi connectivity index (χ2n) is 6.99. The summed E-state index contributed by atoms with van der Waals surface area (Å²) in [6, 6.07) is 8.79. The Kier molecular flexibility index (Phi) is 9.81. The van der Waals surface area contributed by atoms with Crippen molar-refractivity contribution in [1.29, 1.82) is 0 Å². The Balaban J connectivity index is 2.03. The molecule has 0 radical (unpaired) electrons. The fourth-order valence-corrected chi connectivity index (χ4v) is 3.16. The molecule has 0 spiro atoms. The lowest BCUT2D eigenvalue weighted by molar-refractivity contribution is 0.0950. The van der Waals surface area contributed by atoms with Gasteiger partial charge < -0.3 is 29.0 Å². The lowest BCUT2D eigenvalue weighted by atomic mass is 10.1. The van der Waals surface area contributed by atoms with Crippen LogP contribution in [0.5, 0.6) is 28.7 Å². The van der Waals surface area contributed by atoms with E-state index in [1.807, 2.05) is 0 Å². The molecule has 0 aliphatic heterocycles. The van der Waals surface area contributed by atoms with Crippen LogP contribution in [0.15, 0.2) is 30.3 Å². The summed E-state index contributed by atoms with van der Waals surface area (Å²) in [4.78, 5) is 12.7. The van der Waals surface area contributed by atoms with Crippen molar-refractivity contribution in [3.8, 4) is 28.7 Å². The van der Waals surface area contributed by atoms with Crippen molar-refractivity contribution in [3.63, 3.8) is 0 Å². The first-order chi connectivity index (χ1) is 15.1. The lowest BCUT2D eigenvalue weighted by Crippen LogP contribution is -2.23. The second-order valence-corrected chi connectivity index (χ2v) is 6.99. The quantitative estimate of drug-likeness (QED) is 0.467. The summed E-state index contributed by atoms with van der Waals surface area (Å²) in [7, 11) is 6.23. The van der Waals surface area contributed by atoms with Crippen LogP contribution in [-0.2, 0) is 6.54 Å². The van der Waals surface area contributed by atoms with Crippen LogP contribution in [0, 0.1) is 0 Å². The van der Waals surface area contributed by atoms with Gasteiger partial charge in [0, 0.05) is 12.1 Å². The number of rotatable bonds is 13. The lowest BCUT2D eigenvalue weighted by Gasteiger charge is -2.15. The molecule has 170 valence electrons. The van der Waals surface area contributed by atoms with Crippen LogP contribution >= 0.6 is 0 Å². The third kappa shape index (κ3) is 6.70. The SMILES string of the molecule is CCCCCCOc1ccc(C(=O)NCc2cc(OC)c(OC)c(OC)c2)cc1OC. The average molecular weight is 432 g/mol. The number of benzene rings is 2. The largest absolute Gasteiger partial charge is 0.493 e. The molecular weight excluding hydrogens is 398 g/mol. The minimum atomic E-state index is -0.221. The Hall–Kier alpha value is -3.09. The van der Waals surface area contributed by atoms with E-state index in [9.17, 15) is 4.79 Å². The molecule has 0 heterocycles. The van der Waals surface area contributed by atoms with Gasteiger partial charge in [-0.2, -0.15) is 0 Å². The van der Waals surface area contributed by atoms with Gasteiger partial charge in [-0.1, -0.05) is 26.2 Å². The van der Waals surface area contributed by atoms with Gasteiger partial charge in [-0.05, 0) is 42.3 Å². The summed E-state index contributed by atoms with van der Waals surface area (Å²) in [5, 5.41) is 2.91. The molecule has 0 aliphatic rings. The predicted octanol–water partition coefficient (Wildman–Crippen LogP) is 4.61. The number of nitrogens with one attached hydrogen (secondary N) is 1. The standard InChI is InChI=1S/C24H33NO6/c1-6-7-8-9-12-31-19-11-10-18(15-20(19)27-2)24(26)25-16-17-13-21(28-3)23(30-5)22(14-17)29-4/h10-11,13-15H,6-9,12,16H2,1-5H3,(H,25,26). The van der Waals surface area contributed by atoms with E-state index in [0.29, 0.717) is 47.5 Å². The minimum Gasteiger partial charge on any atom is -0.493 e. The fraction of sp³-hybridized carbons (Fsp3) is 0.458. The smallest absolute Gasteiger partial charge is 0.251 e. The zero-order valence-corrected chi connectivity index (χ0v) is 19.1. The molecule has 0 saturated carbocycles. The number of methoxy groups -OCH3 is 4. The van der Waals surface area contributed by atoms with Gasteiger partial charge in [-0.15, -0.1) is 0 Å². The van der Waals surface area contributed by atoms with Crippen LogP contribution in [0.1, 0.15) is 48.5 Å². The van der Waals surface area contributed by atoms with Crippen molar-refractivity contribution in [1.82, 2.24) is 5.32 Å².